The number of para-hydroxylation sites is 1. The number of hydrogen-bond donors (Lipinski definition) is 1. The number of aromatic nitrogens is 2. The number of rotatable bonds is 3. The Morgan fingerprint density at radius 3 is 2.68 bits per heavy atom. The second kappa shape index (κ2) is 6.65. The zero-order chi connectivity index (χ0) is 22.1. The van der Waals surface area contributed by atoms with Crippen molar-refractivity contribution in [1.29, 1.82) is 0 Å². The lowest BCUT2D eigenvalue weighted by Gasteiger charge is -2.31. The quantitative estimate of drug-likeness (QED) is 0.514. The molecule has 1 atom stereocenters. The summed E-state index contributed by atoms with van der Waals surface area (Å²) in [4.78, 5) is 32.8. The third-order valence-corrected chi connectivity index (χ3v) is 6.60. The molecule has 0 fully saturated rings. The number of benzene rings is 1. The molecule has 7 heteroatoms. The zero-order valence-electron chi connectivity index (χ0n) is 18.2. The van der Waals surface area contributed by atoms with Crippen LogP contribution in [0.4, 0.5) is 5.69 Å². The van der Waals surface area contributed by atoms with Crippen molar-refractivity contribution < 1.29 is 14.6 Å². The van der Waals surface area contributed by atoms with Gasteiger partial charge in [-0.25, -0.2) is 9.78 Å². The van der Waals surface area contributed by atoms with Gasteiger partial charge in [0.2, 0.25) is 0 Å². The minimum absolute atomic E-state index is 0.123. The second-order valence-corrected chi connectivity index (χ2v) is 8.45. The van der Waals surface area contributed by atoms with Crippen LogP contribution in [0.3, 0.4) is 0 Å². The Morgan fingerprint density at radius 2 is 2.00 bits per heavy atom. The standard InChI is InChI=1S/C24H25N3O4/c1-5-13-8-7-9-14-19(13)25-20-15(21(14)26(3)4)11-27-18(20)10-17-16(22(27)28)12-31-23(29)24(17,30)6-2/h7-10,30H,5-6,11-12H2,1-4H3/t24-/m0/s1. The summed E-state index contributed by atoms with van der Waals surface area (Å²) in [6, 6.07) is 7.94. The van der Waals surface area contributed by atoms with E-state index in [1.807, 2.05) is 20.2 Å². The molecule has 0 saturated heterocycles. The van der Waals surface area contributed by atoms with Gasteiger partial charge in [0.25, 0.3) is 5.56 Å². The summed E-state index contributed by atoms with van der Waals surface area (Å²) in [5.74, 6) is -0.709. The molecule has 1 N–H and O–H groups in total. The van der Waals surface area contributed by atoms with Crippen molar-refractivity contribution in [3.63, 3.8) is 0 Å². The van der Waals surface area contributed by atoms with E-state index in [9.17, 15) is 14.7 Å². The number of carbonyl (C=O) groups excluding carboxylic acids is 1. The van der Waals surface area contributed by atoms with Gasteiger partial charge < -0.3 is 19.3 Å². The summed E-state index contributed by atoms with van der Waals surface area (Å²) < 4.78 is 6.84. The molecule has 4 heterocycles. The minimum atomic E-state index is -1.82. The minimum Gasteiger partial charge on any atom is -0.458 e. The first kappa shape index (κ1) is 19.8. The maximum absolute atomic E-state index is 13.4. The first-order chi connectivity index (χ1) is 14.8. The molecule has 0 aliphatic carbocycles. The summed E-state index contributed by atoms with van der Waals surface area (Å²) in [6.07, 6.45) is 0.969. The summed E-state index contributed by atoms with van der Waals surface area (Å²) in [5.41, 5.74) is 4.04. The van der Waals surface area contributed by atoms with Crippen LogP contribution in [0.1, 0.15) is 42.5 Å². The molecule has 2 aliphatic rings. The highest BCUT2D eigenvalue weighted by atomic mass is 16.6. The lowest BCUT2D eigenvalue weighted by molar-refractivity contribution is -0.172. The number of hydrogen-bond acceptors (Lipinski definition) is 6. The Morgan fingerprint density at radius 1 is 1.23 bits per heavy atom. The van der Waals surface area contributed by atoms with Crippen molar-refractivity contribution in [3.05, 3.63) is 56.9 Å². The third-order valence-electron chi connectivity index (χ3n) is 6.60. The van der Waals surface area contributed by atoms with Crippen LogP contribution in [-0.2, 0) is 34.7 Å². The molecule has 0 saturated carbocycles. The van der Waals surface area contributed by atoms with Gasteiger partial charge in [-0.05, 0) is 24.5 Å². The van der Waals surface area contributed by atoms with E-state index in [1.165, 1.54) is 0 Å². The molecule has 5 rings (SSSR count). The van der Waals surface area contributed by atoms with E-state index in [0.29, 0.717) is 23.4 Å². The van der Waals surface area contributed by atoms with Gasteiger partial charge in [-0.15, -0.1) is 0 Å². The molecular weight excluding hydrogens is 394 g/mol. The van der Waals surface area contributed by atoms with Crippen LogP contribution in [0.5, 0.6) is 0 Å². The predicted molar refractivity (Wildman–Crippen MR) is 118 cm³/mol. The molecule has 0 amide bonds. The Kier molecular flexibility index (Phi) is 4.24. The van der Waals surface area contributed by atoms with Crippen molar-refractivity contribution in [3.8, 4) is 11.4 Å². The number of fused-ring (bicyclic) bond motifs is 5. The molecule has 2 aromatic heterocycles. The number of aliphatic hydroxyl groups is 1. The molecule has 2 aliphatic heterocycles. The number of aryl methyl sites for hydroxylation is 1. The molecule has 1 aromatic carbocycles. The van der Waals surface area contributed by atoms with Gasteiger partial charge in [-0.1, -0.05) is 32.0 Å². The highest BCUT2D eigenvalue weighted by Crippen LogP contribution is 2.43. The average Bonchev–Trinajstić information content (AvgIpc) is 3.12. The average molecular weight is 419 g/mol. The molecular formula is C24H25N3O4. The van der Waals surface area contributed by atoms with E-state index in [0.717, 1.165) is 39.8 Å². The van der Waals surface area contributed by atoms with E-state index in [4.69, 9.17) is 9.72 Å². The van der Waals surface area contributed by atoms with E-state index in [-0.39, 0.29) is 18.6 Å². The first-order valence-corrected chi connectivity index (χ1v) is 10.6. The van der Waals surface area contributed by atoms with Gasteiger partial charge >= 0.3 is 5.97 Å². The molecule has 3 aromatic rings. The molecule has 0 spiro atoms. The summed E-state index contributed by atoms with van der Waals surface area (Å²) in [7, 11) is 3.99. The van der Waals surface area contributed by atoms with E-state index >= 15 is 0 Å². The number of ether oxygens (including phenoxy) is 1. The highest BCUT2D eigenvalue weighted by molar-refractivity contribution is 5.99. The van der Waals surface area contributed by atoms with Crippen molar-refractivity contribution in [2.45, 2.75) is 45.4 Å². The third kappa shape index (κ3) is 2.53. The number of nitrogens with zero attached hydrogens (tertiary/aromatic N) is 3. The fraction of sp³-hybridized carbons (Fsp3) is 0.375. The van der Waals surface area contributed by atoms with E-state index in [2.05, 4.69) is 24.0 Å². The Bertz CT molecular complexity index is 1320. The normalized spacial score (nSPS) is 19.1. The first-order valence-electron chi connectivity index (χ1n) is 10.6. The van der Waals surface area contributed by atoms with Crippen molar-refractivity contribution in [1.82, 2.24) is 9.55 Å². The van der Waals surface area contributed by atoms with Crippen molar-refractivity contribution >= 4 is 22.6 Å². The molecule has 0 bridgehead atoms. The van der Waals surface area contributed by atoms with Crippen LogP contribution in [0.15, 0.2) is 29.1 Å². The van der Waals surface area contributed by atoms with Gasteiger partial charge in [0.05, 0.1) is 34.7 Å². The van der Waals surface area contributed by atoms with Crippen LogP contribution in [0, 0.1) is 0 Å². The van der Waals surface area contributed by atoms with Gasteiger partial charge in [-0.3, -0.25) is 4.79 Å². The molecule has 31 heavy (non-hydrogen) atoms. The Hall–Kier alpha value is -3.19. The number of anilines is 1. The fourth-order valence-corrected chi connectivity index (χ4v) is 4.94. The lowest BCUT2D eigenvalue weighted by atomic mass is 9.86. The van der Waals surface area contributed by atoms with Crippen molar-refractivity contribution in [2.75, 3.05) is 19.0 Å². The number of cyclic esters (lactones) is 1. The smallest absolute Gasteiger partial charge is 0.343 e. The van der Waals surface area contributed by atoms with E-state index in [1.54, 1.807) is 17.6 Å². The molecule has 0 unspecified atom stereocenters. The van der Waals surface area contributed by atoms with Crippen LogP contribution >= 0.6 is 0 Å². The topological polar surface area (TPSA) is 84.7 Å². The van der Waals surface area contributed by atoms with Crippen LogP contribution in [0.25, 0.3) is 22.3 Å². The summed E-state index contributed by atoms with van der Waals surface area (Å²) in [6.45, 7) is 4.07. The van der Waals surface area contributed by atoms with Crippen LogP contribution < -0.4 is 10.5 Å². The SMILES string of the molecule is CCc1cccc2c(N(C)C)c3c(nc12)-c1cc2c(c(=O)n1C3)COC(=O)[C@]2(O)CC. The van der Waals surface area contributed by atoms with Gasteiger partial charge in [0, 0.05) is 30.6 Å². The largest absolute Gasteiger partial charge is 0.458 e. The molecule has 0 radical (unpaired) electrons. The van der Waals surface area contributed by atoms with Crippen LogP contribution in [-0.4, -0.2) is 34.7 Å². The maximum Gasteiger partial charge on any atom is 0.343 e. The number of esters is 1. The van der Waals surface area contributed by atoms with Gasteiger partial charge in [0.15, 0.2) is 5.60 Å². The zero-order valence-corrected chi connectivity index (χ0v) is 18.2. The van der Waals surface area contributed by atoms with Gasteiger partial charge in [-0.2, -0.15) is 0 Å². The van der Waals surface area contributed by atoms with Gasteiger partial charge in [0.1, 0.15) is 6.61 Å². The number of carbonyl (C=O) groups is 1. The molecule has 7 nitrogen and oxygen atoms in total. The predicted octanol–water partition coefficient (Wildman–Crippen LogP) is 2.71. The number of pyridine rings is 2. The molecule has 160 valence electrons. The second-order valence-electron chi connectivity index (χ2n) is 8.45. The fourth-order valence-electron chi connectivity index (χ4n) is 4.94. The monoisotopic (exact) mass is 419 g/mol. The summed E-state index contributed by atoms with van der Waals surface area (Å²) in [5, 5.41) is 12.1. The van der Waals surface area contributed by atoms with Crippen LogP contribution in [0.2, 0.25) is 0 Å². The maximum atomic E-state index is 13.4. The Balaban J connectivity index is 1.87. The highest BCUT2D eigenvalue weighted by Gasteiger charge is 2.45. The summed E-state index contributed by atoms with van der Waals surface area (Å²) >= 11 is 0. The van der Waals surface area contributed by atoms with E-state index < -0.39 is 11.6 Å². The van der Waals surface area contributed by atoms with Crippen molar-refractivity contribution in [2.24, 2.45) is 0 Å². The Labute approximate surface area is 179 Å². The lowest BCUT2D eigenvalue weighted by Crippen LogP contribution is -2.44.